The highest BCUT2D eigenvalue weighted by Crippen LogP contribution is 2.29. The van der Waals surface area contributed by atoms with Crippen molar-refractivity contribution >= 4 is 28.2 Å². The number of carbonyl (C=O) groups excluding carboxylic acids is 1. The van der Waals surface area contributed by atoms with Crippen LogP contribution in [0.2, 0.25) is 0 Å². The van der Waals surface area contributed by atoms with Crippen molar-refractivity contribution in [3.63, 3.8) is 0 Å². The number of carbonyl (C=O) groups is 1. The van der Waals surface area contributed by atoms with Crippen LogP contribution in [0.25, 0.3) is 10.9 Å². The van der Waals surface area contributed by atoms with Crippen molar-refractivity contribution < 1.29 is 9.90 Å². The third kappa shape index (κ3) is 4.72. The summed E-state index contributed by atoms with van der Waals surface area (Å²) in [4.78, 5) is 19.8. The molecule has 0 radical (unpaired) electrons. The summed E-state index contributed by atoms with van der Waals surface area (Å²) in [6.07, 6.45) is 1.03. The molecular formula is C28H28N4O2. The average Bonchev–Trinajstić information content (AvgIpc) is 2.85. The van der Waals surface area contributed by atoms with E-state index >= 15 is 0 Å². The predicted molar refractivity (Wildman–Crippen MR) is 136 cm³/mol. The van der Waals surface area contributed by atoms with E-state index in [4.69, 9.17) is 0 Å². The van der Waals surface area contributed by atoms with E-state index in [-0.39, 0.29) is 17.2 Å². The smallest absolute Gasteiger partial charge is 0.255 e. The van der Waals surface area contributed by atoms with Crippen molar-refractivity contribution in [2.75, 3.05) is 25.0 Å². The summed E-state index contributed by atoms with van der Waals surface area (Å²) >= 11 is 0. The largest absolute Gasteiger partial charge is 0.507 e. The zero-order chi connectivity index (χ0) is 23.5. The molecule has 5 rings (SSSR count). The van der Waals surface area contributed by atoms with Gasteiger partial charge in [0.15, 0.2) is 0 Å². The van der Waals surface area contributed by atoms with E-state index in [0.29, 0.717) is 6.54 Å². The lowest BCUT2D eigenvalue weighted by atomic mass is 10.00. The zero-order valence-electron chi connectivity index (χ0n) is 19.2. The van der Waals surface area contributed by atoms with Gasteiger partial charge in [-0.15, -0.1) is 0 Å². The van der Waals surface area contributed by atoms with Crippen LogP contribution in [0.5, 0.6) is 5.75 Å². The van der Waals surface area contributed by atoms with E-state index < -0.39 is 0 Å². The summed E-state index contributed by atoms with van der Waals surface area (Å²) in [6.45, 7) is 5.12. The first-order chi connectivity index (χ1) is 16.6. The van der Waals surface area contributed by atoms with Gasteiger partial charge in [0.25, 0.3) is 5.91 Å². The number of amides is 1. The Bertz CT molecular complexity index is 1350. The molecule has 0 fully saturated rings. The first kappa shape index (κ1) is 21.9. The second kappa shape index (κ2) is 9.53. The molecule has 6 nitrogen and oxygen atoms in total. The van der Waals surface area contributed by atoms with Gasteiger partial charge in [0, 0.05) is 48.6 Å². The fraction of sp³-hybridized carbons (Fsp3) is 0.214. The van der Waals surface area contributed by atoms with Crippen LogP contribution in [0.1, 0.15) is 27.2 Å². The van der Waals surface area contributed by atoms with E-state index in [9.17, 15) is 9.90 Å². The number of benzene rings is 3. The SMILES string of the molecule is Cc1cc(Nc2ccc(O)c(C(=O)NCCN3CCc4ccccc4C3)c2)c2ccccc2n1. The van der Waals surface area contributed by atoms with Crippen LogP contribution in [0, 0.1) is 6.92 Å². The summed E-state index contributed by atoms with van der Waals surface area (Å²) < 4.78 is 0. The summed E-state index contributed by atoms with van der Waals surface area (Å²) in [7, 11) is 0. The van der Waals surface area contributed by atoms with Crippen molar-refractivity contribution in [1.82, 2.24) is 15.2 Å². The average molecular weight is 453 g/mol. The molecule has 2 heterocycles. The Labute approximate surface area is 199 Å². The molecule has 1 aromatic heterocycles. The number of aromatic nitrogens is 1. The molecule has 34 heavy (non-hydrogen) atoms. The number of phenols is 1. The molecule has 0 saturated carbocycles. The summed E-state index contributed by atoms with van der Waals surface area (Å²) in [5.74, 6) is -0.319. The first-order valence-corrected chi connectivity index (χ1v) is 11.6. The van der Waals surface area contributed by atoms with E-state index in [1.165, 1.54) is 11.1 Å². The maximum Gasteiger partial charge on any atom is 0.255 e. The van der Waals surface area contributed by atoms with Crippen molar-refractivity contribution in [1.29, 1.82) is 0 Å². The van der Waals surface area contributed by atoms with E-state index in [2.05, 4.69) is 44.8 Å². The Kier molecular flexibility index (Phi) is 6.14. The van der Waals surface area contributed by atoms with Crippen molar-refractivity contribution in [3.05, 3.63) is 95.2 Å². The van der Waals surface area contributed by atoms with E-state index in [1.54, 1.807) is 18.2 Å². The van der Waals surface area contributed by atoms with Gasteiger partial charge in [-0.2, -0.15) is 0 Å². The number of rotatable bonds is 6. The number of pyridine rings is 1. The fourth-order valence-electron chi connectivity index (χ4n) is 4.53. The van der Waals surface area contributed by atoms with Crippen LogP contribution in [-0.4, -0.2) is 40.5 Å². The van der Waals surface area contributed by atoms with Crippen LogP contribution in [-0.2, 0) is 13.0 Å². The number of para-hydroxylation sites is 1. The molecule has 1 aliphatic rings. The Morgan fingerprint density at radius 2 is 1.82 bits per heavy atom. The van der Waals surface area contributed by atoms with Crippen LogP contribution in [0.3, 0.4) is 0 Å². The highest BCUT2D eigenvalue weighted by molar-refractivity contribution is 5.99. The van der Waals surface area contributed by atoms with Gasteiger partial charge in [0.05, 0.1) is 11.1 Å². The van der Waals surface area contributed by atoms with Gasteiger partial charge in [0.1, 0.15) is 5.75 Å². The second-order valence-corrected chi connectivity index (χ2v) is 8.74. The van der Waals surface area contributed by atoms with Crippen LogP contribution < -0.4 is 10.6 Å². The molecule has 4 aromatic rings. The molecule has 1 aliphatic heterocycles. The molecule has 0 aliphatic carbocycles. The number of fused-ring (bicyclic) bond motifs is 2. The molecule has 3 aromatic carbocycles. The van der Waals surface area contributed by atoms with Gasteiger partial charge < -0.3 is 15.7 Å². The molecule has 0 bridgehead atoms. The maximum absolute atomic E-state index is 12.8. The maximum atomic E-state index is 12.8. The number of anilines is 2. The summed E-state index contributed by atoms with van der Waals surface area (Å²) in [5, 5.41) is 17.7. The number of phenolic OH excluding ortho intramolecular Hbond substituents is 1. The third-order valence-electron chi connectivity index (χ3n) is 6.29. The third-order valence-corrected chi connectivity index (χ3v) is 6.29. The van der Waals surface area contributed by atoms with Crippen molar-refractivity contribution in [3.8, 4) is 5.75 Å². The van der Waals surface area contributed by atoms with Gasteiger partial charge in [-0.1, -0.05) is 42.5 Å². The number of hydrogen-bond donors (Lipinski definition) is 3. The Morgan fingerprint density at radius 1 is 1.03 bits per heavy atom. The molecule has 1 amide bonds. The molecular weight excluding hydrogens is 424 g/mol. The Morgan fingerprint density at radius 3 is 2.71 bits per heavy atom. The number of aryl methyl sites for hydroxylation is 1. The first-order valence-electron chi connectivity index (χ1n) is 11.6. The van der Waals surface area contributed by atoms with Gasteiger partial charge in [-0.3, -0.25) is 14.7 Å². The van der Waals surface area contributed by atoms with E-state index in [0.717, 1.165) is 54.0 Å². The monoisotopic (exact) mass is 452 g/mol. The minimum atomic E-state index is -0.283. The second-order valence-electron chi connectivity index (χ2n) is 8.74. The predicted octanol–water partition coefficient (Wildman–Crippen LogP) is 4.78. The molecule has 172 valence electrons. The number of hydrogen-bond acceptors (Lipinski definition) is 5. The Hall–Kier alpha value is -3.90. The molecule has 0 saturated heterocycles. The molecule has 0 unspecified atom stereocenters. The highest BCUT2D eigenvalue weighted by atomic mass is 16.3. The Balaban J connectivity index is 1.25. The molecule has 0 atom stereocenters. The van der Waals surface area contributed by atoms with Crippen LogP contribution in [0.15, 0.2) is 72.8 Å². The number of nitrogens with one attached hydrogen (secondary N) is 2. The normalized spacial score (nSPS) is 13.4. The molecule has 3 N–H and O–H groups in total. The van der Waals surface area contributed by atoms with Gasteiger partial charge in [-0.25, -0.2) is 0 Å². The van der Waals surface area contributed by atoms with Gasteiger partial charge >= 0.3 is 0 Å². The minimum absolute atomic E-state index is 0.0364. The lowest BCUT2D eigenvalue weighted by Crippen LogP contribution is -2.37. The van der Waals surface area contributed by atoms with Gasteiger partial charge in [-0.05, 0) is 54.8 Å². The quantitative estimate of drug-likeness (QED) is 0.367. The highest BCUT2D eigenvalue weighted by Gasteiger charge is 2.17. The zero-order valence-corrected chi connectivity index (χ0v) is 19.2. The van der Waals surface area contributed by atoms with E-state index in [1.807, 2.05) is 37.3 Å². The lowest BCUT2D eigenvalue weighted by Gasteiger charge is -2.28. The molecule has 0 spiro atoms. The topological polar surface area (TPSA) is 77.5 Å². The minimum Gasteiger partial charge on any atom is -0.507 e. The number of nitrogens with zero attached hydrogens (tertiary/aromatic N) is 2. The van der Waals surface area contributed by atoms with Crippen molar-refractivity contribution in [2.45, 2.75) is 19.9 Å². The standard InChI is InChI=1S/C28H28N4O2/c1-19-16-26(23-8-4-5-9-25(23)30-19)31-22-10-11-27(33)24(17-22)28(34)29-13-15-32-14-12-20-6-2-3-7-21(20)18-32/h2-11,16-17,33H,12-15,18H2,1H3,(H,29,34)(H,30,31). The molecule has 6 heteroatoms. The number of aromatic hydroxyl groups is 1. The summed E-state index contributed by atoms with van der Waals surface area (Å²) in [5.41, 5.74) is 6.46. The fourth-order valence-corrected chi connectivity index (χ4v) is 4.53. The van der Waals surface area contributed by atoms with Crippen LogP contribution in [0.4, 0.5) is 11.4 Å². The van der Waals surface area contributed by atoms with Gasteiger partial charge in [0.2, 0.25) is 0 Å². The van der Waals surface area contributed by atoms with Crippen LogP contribution >= 0.6 is 0 Å². The summed E-state index contributed by atoms with van der Waals surface area (Å²) in [6, 6.07) is 23.4. The lowest BCUT2D eigenvalue weighted by molar-refractivity contribution is 0.0944. The van der Waals surface area contributed by atoms with Crippen molar-refractivity contribution in [2.24, 2.45) is 0 Å².